The van der Waals surface area contributed by atoms with Crippen LogP contribution >= 0.6 is 0 Å². The molecule has 0 fully saturated rings. The normalized spacial score (nSPS) is 10.1. The topological polar surface area (TPSA) is 77.6 Å². The zero-order valence-electron chi connectivity index (χ0n) is 10.9. The highest BCUT2D eigenvalue weighted by atomic mass is 16.5. The number of ether oxygens (including phenoxy) is 3. The van der Waals surface area contributed by atoms with E-state index in [2.05, 4.69) is 6.92 Å². The van der Waals surface area contributed by atoms with E-state index in [4.69, 9.17) is 25.4 Å². The van der Waals surface area contributed by atoms with Crippen LogP contribution in [0, 0.1) is 5.41 Å². The van der Waals surface area contributed by atoms with Gasteiger partial charge in [-0.3, -0.25) is 5.41 Å². The molecular formula is C13H20N2O3. The summed E-state index contributed by atoms with van der Waals surface area (Å²) in [5.74, 6) is 1.19. The molecule has 0 heterocycles. The van der Waals surface area contributed by atoms with Gasteiger partial charge < -0.3 is 19.9 Å². The molecule has 0 aliphatic heterocycles. The Hall–Kier alpha value is -1.75. The lowest BCUT2D eigenvalue weighted by molar-refractivity contribution is 0.100. The fraction of sp³-hybridized carbons (Fsp3) is 0.462. The molecule has 0 aromatic heterocycles. The van der Waals surface area contributed by atoms with Crippen LogP contribution in [0.15, 0.2) is 18.2 Å². The monoisotopic (exact) mass is 252 g/mol. The van der Waals surface area contributed by atoms with Gasteiger partial charge in [0.2, 0.25) is 0 Å². The van der Waals surface area contributed by atoms with Gasteiger partial charge in [0.05, 0.1) is 19.3 Å². The smallest absolute Gasteiger partial charge is 0.134 e. The van der Waals surface area contributed by atoms with Crippen molar-refractivity contribution in [3.05, 3.63) is 23.8 Å². The number of nitrogens with one attached hydrogen (secondary N) is 1. The van der Waals surface area contributed by atoms with E-state index < -0.39 is 0 Å². The Labute approximate surface area is 107 Å². The van der Waals surface area contributed by atoms with E-state index in [1.165, 1.54) is 0 Å². The minimum absolute atomic E-state index is 0.0258. The first-order valence-electron chi connectivity index (χ1n) is 5.92. The molecule has 100 valence electrons. The average molecular weight is 252 g/mol. The zero-order chi connectivity index (χ0) is 13.4. The van der Waals surface area contributed by atoms with Gasteiger partial charge in [0.25, 0.3) is 0 Å². The predicted octanol–water partition coefficient (Wildman–Crippen LogP) is 1.78. The van der Waals surface area contributed by atoms with Gasteiger partial charge in [-0.05, 0) is 18.6 Å². The predicted molar refractivity (Wildman–Crippen MR) is 70.6 cm³/mol. The van der Waals surface area contributed by atoms with E-state index in [-0.39, 0.29) is 5.84 Å². The number of hydrogen-bond acceptors (Lipinski definition) is 4. The van der Waals surface area contributed by atoms with Gasteiger partial charge >= 0.3 is 0 Å². The molecule has 1 aromatic rings. The highest BCUT2D eigenvalue weighted by Crippen LogP contribution is 2.24. The minimum atomic E-state index is -0.0258. The second kappa shape index (κ2) is 7.55. The van der Waals surface area contributed by atoms with Crippen LogP contribution in [0.4, 0.5) is 0 Å². The number of rotatable bonds is 8. The quantitative estimate of drug-likeness (QED) is 0.420. The summed E-state index contributed by atoms with van der Waals surface area (Å²) in [7, 11) is 1.58. The second-order valence-electron chi connectivity index (χ2n) is 3.74. The van der Waals surface area contributed by atoms with Crippen molar-refractivity contribution in [1.29, 1.82) is 5.41 Å². The van der Waals surface area contributed by atoms with Crippen molar-refractivity contribution in [2.45, 2.75) is 13.3 Å². The lowest BCUT2D eigenvalue weighted by Crippen LogP contribution is -2.15. The lowest BCUT2D eigenvalue weighted by Gasteiger charge is -2.12. The Morgan fingerprint density at radius 2 is 2.06 bits per heavy atom. The van der Waals surface area contributed by atoms with Crippen LogP contribution in [0.2, 0.25) is 0 Å². The highest BCUT2D eigenvalue weighted by Gasteiger charge is 2.08. The van der Waals surface area contributed by atoms with Crippen molar-refractivity contribution in [3.63, 3.8) is 0 Å². The lowest BCUT2D eigenvalue weighted by atomic mass is 10.2. The zero-order valence-corrected chi connectivity index (χ0v) is 10.9. The number of amidine groups is 1. The van der Waals surface area contributed by atoms with Gasteiger partial charge in [0, 0.05) is 12.7 Å². The summed E-state index contributed by atoms with van der Waals surface area (Å²) in [6.07, 6.45) is 0.984. The molecule has 0 amide bonds. The maximum absolute atomic E-state index is 7.48. The van der Waals surface area contributed by atoms with Crippen molar-refractivity contribution < 1.29 is 14.2 Å². The largest absolute Gasteiger partial charge is 0.497 e. The molecular weight excluding hydrogens is 232 g/mol. The molecule has 5 heteroatoms. The van der Waals surface area contributed by atoms with Crippen LogP contribution in [0.25, 0.3) is 0 Å². The third-order valence-corrected chi connectivity index (χ3v) is 2.31. The van der Waals surface area contributed by atoms with Crippen molar-refractivity contribution in [1.82, 2.24) is 0 Å². The summed E-state index contributed by atoms with van der Waals surface area (Å²) in [4.78, 5) is 0. The van der Waals surface area contributed by atoms with E-state index >= 15 is 0 Å². The Morgan fingerprint density at radius 3 is 2.67 bits per heavy atom. The summed E-state index contributed by atoms with van der Waals surface area (Å²) in [5.41, 5.74) is 6.05. The standard InChI is InChI=1S/C13H20N2O3/c1-3-6-17-7-8-18-12-9-10(16-2)4-5-11(12)13(14)15/h4-5,9H,3,6-8H2,1-2H3,(H3,14,15). The third-order valence-electron chi connectivity index (χ3n) is 2.31. The van der Waals surface area contributed by atoms with Crippen LogP contribution in [0.3, 0.4) is 0 Å². The van der Waals surface area contributed by atoms with E-state index in [0.717, 1.165) is 13.0 Å². The fourth-order valence-electron chi connectivity index (χ4n) is 1.43. The van der Waals surface area contributed by atoms with Gasteiger partial charge in [-0.25, -0.2) is 0 Å². The number of nitrogens with two attached hydrogens (primary N) is 1. The molecule has 0 atom stereocenters. The van der Waals surface area contributed by atoms with Gasteiger partial charge in [-0.15, -0.1) is 0 Å². The number of benzene rings is 1. The maximum Gasteiger partial charge on any atom is 0.134 e. The molecule has 1 rings (SSSR count). The minimum Gasteiger partial charge on any atom is -0.497 e. The second-order valence-corrected chi connectivity index (χ2v) is 3.74. The van der Waals surface area contributed by atoms with E-state index in [1.54, 1.807) is 25.3 Å². The number of nitrogen functional groups attached to an aromatic ring is 1. The molecule has 0 saturated carbocycles. The fourth-order valence-corrected chi connectivity index (χ4v) is 1.43. The van der Waals surface area contributed by atoms with Crippen molar-refractivity contribution in [3.8, 4) is 11.5 Å². The van der Waals surface area contributed by atoms with Gasteiger partial charge in [-0.1, -0.05) is 6.92 Å². The Bertz CT molecular complexity index is 394. The first-order chi connectivity index (χ1) is 8.69. The highest BCUT2D eigenvalue weighted by molar-refractivity contribution is 5.97. The van der Waals surface area contributed by atoms with Crippen LogP contribution in [-0.2, 0) is 4.74 Å². The maximum atomic E-state index is 7.48. The summed E-state index contributed by atoms with van der Waals surface area (Å²) < 4.78 is 16.0. The summed E-state index contributed by atoms with van der Waals surface area (Å²) in [5, 5.41) is 7.48. The molecule has 0 saturated heterocycles. The van der Waals surface area contributed by atoms with Crippen molar-refractivity contribution in [2.24, 2.45) is 5.73 Å². The van der Waals surface area contributed by atoms with E-state index in [0.29, 0.717) is 30.3 Å². The van der Waals surface area contributed by atoms with Crippen LogP contribution < -0.4 is 15.2 Å². The number of methoxy groups -OCH3 is 1. The van der Waals surface area contributed by atoms with Crippen LogP contribution in [0.1, 0.15) is 18.9 Å². The Kier molecular flexibility index (Phi) is 6.00. The first-order valence-corrected chi connectivity index (χ1v) is 5.92. The number of hydrogen-bond donors (Lipinski definition) is 2. The Balaban J connectivity index is 2.63. The van der Waals surface area contributed by atoms with Crippen LogP contribution in [0.5, 0.6) is 11.5 Å². The SMILES string of the molecule is CCCOCCOc1cc(OC)ccc1C(=N)N. The van der Waals surface area contributed by atoms with E-state index in [9.17, 15) is 0 Å². The van der Waals surface area contributed by atoms with Gasteiger partial charge in [0.1, 0.15) is 23.9 Å². The summed E-state index contributed by atoms with van der Waals surface area (Å²) >= 11 is 0. The molecule has 0 unspecified atom stereocenters. The Morgan fingerprint density at radius 1 is 1.28 bits per heavy atom. The molecule has 0 aliphatic rings. The van der Waals surface area contributed by atoms with Gasteiger partial charge in [0.15, 0.2) is 0 Å². The molecule has 5 nitrogen and oxygen atoms in total. The molecule has 1 aromatic carbocycles. The van der Waals surface area contributed by atoms with Crippen molar-refractivity contribution >= 4 is 5.84 Å². The molecule has 3 N–H and O–H groups in total. The van der Waals surface area contributed by atoms with Crippen LogP contribution in [-0.4, -0.2) is 32.8 Å². The first kappa shape index (κ1) is 14.3. The summed E-state index contributed by atoms with van der Waals surface area (Å²) in [6.45, 7) is 3.72. The molecule has 0 radical (unpaired) electrons. The third kappa shape index (κ3) is 4.25. The van der Waals surface area contributed by atoms with E-state index in [1.807, 2.05) is 0 Å². The molecule has 18 heavy (non-hydrogen) atoms. The molecule has 0 bridgehead atoms. The average Bonchev–Trinajstić information content (AvgIpc) is 2.38. The molecule has 0 aliphatic carbocycles. The summed E-state index contributed by atoms with van der Waals surface area (Å²) in [6, 6.07) is 5.18. The van der Waals surface area contributed by atoms with Gasteiger partial charge in [-0.2, -0.15) is 0 Å². The molecule has 0 spiro atoms. The van der Waals surface area contributed by atoms with Crippen molar-refractivity contribution in [2.75, 3.05) is 26.9 Å².